The quantitative estimate of drug-likeness (QED) is 0.669. The highest BCUT2D eigenvalue weighted by molar-refractivity contribution is 5.87. The minimum absolute atomic E-state index is 0.196. The maximum Gasteiger partial charge on any atom is 0.333 e. The summed E-state index contributed by atoms with van der Waals surface area (Å²) in [4.78, 5) is 10.8. The minimum atomic E-state index is -0.913. The summed E-state index contributed by atoms with van der Waals surface area (Å²) in [6.07, 6.45) is 3.03. The molecule has 1 aliphatic heterocycles. The van der Waals surface area contributed by atoms with E-state index in [1.54, 1.807) is 6.08 Å². The fourth-order valence-electron chi connectivity index (χ4n) is 1.17. The monoisotopic (exact) mass is 186 g/mol. The molecule has 1 unspecified atom stereocenters. The molecule has 1 heterocycles. The van der Waals surface area contributed by atoms with E-state index in [0.717, 1.165) is 12.8 Å². The van der Waals surface area contributed by atoms with Crippen molar-refractivity contribution < 1.29 is 19.4 Å². The molecule has 0 amide bonds. The van der Waals surface area contributed by atoms with Crippen LogP contribution in [0, 0.1) is 0 Å². The molecule has 1 fully saturated rings. The maximum absolute atomic E-state index is 10.8. The van der Waals surface area contributed by atoms with Gasteiger partial charge in [-0.2, -0.15) is 0 Å². The molecule has 4 nitrogen and oxygen atoms in total. The van der Waals surface area contributed by atoms with Gasteiger partial charge in [0.2, 0.25) is 0 Å². The van der Waals surface area contributed by atoms with Crippen LogP contribution in [0.1, 0.15) is 19.8 Å². The molecule has 0 saturated carbocycles. The van der Waals surface area contributed by atoms with E-state index >= 15 is 0 Å². The standard InChI is InChI=1S/C9H14O4/c1-2-3-4-7(9(10)11)8-5-12-6-13-8/h4,8H,2-3,5-6H2,1H3,(H,10,11). The van der Waals surface area contributed by atoms with Gasteiger partial charge in [0, 0.05) is 0 Å². The number of carboxylic acids is 1. The average Bonchev–Trinajstić information content (AvgIpc) is 2.57. The van der Waals surface area contributed by atoms with E-state index in [2.05, 4.69) is 0 Å². The van der Waals surface area contributed by atoms with Crippen molar-refractivity contribution in [3.8, 4) is 0 Å². The van der Waals surface area contributed by atoms with E-state index in [4.69, 9.17) is 14.6 Å². The van der Waals surface area contributed by atoms with Crippen molar-refractivity contribution in [1.29, 1.82) is 0 Å². The molecule has 1 rings (SSSR count). The molecule has 1 saturated heterocycles. The van der Waals surface area contributed by atoms with Crippen molar-refractivity contribution >= 4 is 5.97 Å². The third-order valence-corrected chi connectivity index (χ3v) is 1.87. The molecule has 0 spiro atoms. The number of allylic oxidation sites excluding steroid dienone is 1. The fourth-order valence-corrected chi connectivity index (χ4v) is 1.17. The van der Waals surface area contributed by atoms with Crippen LogP contribution in [0.3, 0.4) is 0 Å². The first-order valence-electron chi connectivity index (χ1n) is 4.38. The number of carbonyl (C=O) groups is 1. The van der Waals surface area contributed by atoms with Gasteiger partial charge in [-0.25, -0.2) is 4.79 Å². The molecule has 0 aromatic heterocycles. The Kier molecular flexibility index (Phi) is 3.92. The Morgan fingerprint density at radius 2 is 2.46 bits per heavy atom. The Morgan fingerprint density at radius 1 is 1.69 bits per heavy atom. The lowest BCUT2D eigenvalue weighted by Gasteiger charge is -2.07. The molecule has 13 heavy (non-hydrogen) atoms. The van der Waals surface area contributed by atoms with E-state index in [9.17, 15) is 4.79 Å². The summed E-state index contributed by atoms with van der Waals surface area (Å²) in [6, 6.07) is 0. The third-order valence-electron chi connectivity index (χ3n) is 1.87. The number of aliphatic carboxylic acids is 1. The SMILES string of the molecule is CCCC=C(C(=O)O)C1COCO1. The van der Waals surface area contributed by atoms with Gasteiger partial charge >= 0.3 is 5.97 Å². The van der Waals surface area contributed by atoms with Crippen LogP contribution < -0.4 is 0 Å². The molecule has 74 valence electrons. The van der Waals surface area contributed by atoms with Crippen molar-refractivity contribution in [3.05, 3.63) is 11.6 Å². The van der Waals surface area contributed by atoms with Crippen LogP contribution >= 0.6 is 0 Å². The van der Waals surface area contributed by atoms with E-state index in [-0.39, 0.29) is 12.9 Å². The van der Waals surface area contributed by atoms with Gasteiger partial charge < -0.3 is 14.6 Å². The van der Waals surface area contributed by atoms with Gasteiger partial charge in [-0.1, -0.05) is 19.4 Å². The van der Waals surface area contributed by atoms with Gasteiger partial charge in [0.25, 0.3) is 0 Å². The largest absolute Gasteiger partial charge is 0.478 e. The second-order valence-corrected chi connectivity index (χ2v) is 2.90. The van der Waals surface area contributed by atoms with Crippen LogP contribution in [-0.2, 0) is 14.3 Å². The average molecular weight is 186 g/mol. The first-order valence-corrected chi connectivity index (χ1v) is 4.38. The van der Waals surface area contributed by atoms with Crippen molar-refractivity contribution in [3.63, 3.8) is 0 Å². The molecule has 1 N–H and O–H groups in total. The first-order chi connectivity index (χ1) is 6.25. The predicted octanol–water partition coefficient (Wildman–Crippen LogP) is 1.17. The molecular formula is C9H14O4. The summed E-state index contributed by atoms with van der Waals surface area (Å²) in [5, 5.41) is 8.86. The zero-order valence-corrected chi connectivity index (χ0v) is 7.66. The maximum atomic E-state index is 10.8. The minimum Gasteiger partial charge on any atom is -0.478 e. The van der Waals surface area contributed by atoms with Gasteiger partial charge in [-0.3, -0.25) is 0 Å². The van der Waals surface area contributed by atoms with E-state index in [0.29, 0.717) is 12.2 Å². The topological polar surface area (TPSA) is 55.8 Å². The normalized spacial score (nSPS) is 23.5. The van der Waals surface area contributed by atoms with Crippen molar-refractivity contribution in [2.24, 2.45) is 0 Å². The van der Waals surface area contributed by atoms with Gasteiger partial charge in [0.05, 0.1) is 12.2 Å². The Bertz CT molecular complexity index is 204. The Morgan fingerprint density at radius 3 is 2.92 bits per heavy atom. The third kappa shape index (κ3) is 2.82. The molecule has 1 aliphatic rings. The first kappa shape index (κ1) is 10.2. The number of unbranched alkanes of at least 4 members (excludes halogenated alkanes) is 1. The van der Waals surface area contributed by atoms with E-state index in [1.165, 1.54) is 0 Å². The lowest BCUT2D eigenvalue weighted by atomic mass is 10.1. The highest BCUT2D eigenvalue weighted by Gasteiger charge is 2.25. The summed E-state index contributed by atoms with van der Waals surface area (Å²) in [6.45, 7) is 2.55. The van der Waals surface area contributed by atoms with Crippen LogP contribution in [0.15, 0.2) is 11.6 Å². The van der Waals surface area contributed by atoms with Crippen molar-refractivity contribution in [2.45, 2.75) is 25.9 Å². The molecule has 1 atom stereocenters. The summed E-state index contributed by atoms with van der Waals surface area (Å²) in [5.74, 6) is -0.913. The second kappa shape index (κ2) is 4.99. The molecule has 0 aromatic rings. The highest BCUT2D eigenvalue weighted by Crippen LogP contribution is 2.14. The van der Waals surface area contributed by atoms with E-state index < -0.39 is 5.97 Å². The fraction of sp³-hybridized carbons (Fsp3) is 0.667. The van der Waals surface area contributed by atoms with Crippen LogP contribution in [0.4, 0.5) is 0 Å². The van der Waals surface area contributed by atoms with Crippen molar-refractivity contribution in [1.82, 2.24) is 0 Å². The molecule has 0 aliphatic carbocycles. The Hall–Kier alpha value is -0.870. The molecule has 0 aromatic carbocycles. The number of rotatable bonds is 4. The lowest BCUT2D eigenvalue weighted by molar-refractivity contribution is -0.133. The number of carboxylic acid groups (broad SMARTS) is 1. The molecule has 0 radical (unpaired) electrons. The van der Waals surface area contributed by atoms with Crippen LogP contribution in [-0.4, -0.2) is 30.6 Å². The number of hydrogen-bond acceptors (Lipinski definition) is 3. The molecular weight excluding hydrogens is 172 g/mol. The predicted molar refractivity (Wildman–Crippen MR) is 46.3 cm³/mol. The van der Waals surface area contributed by atoms with Gasteiger partial charge in [0.15, 0.2) is 0 Å². The Labute approximate surface area is 77.1 Å². The van der Waals surface area contributed by atoms with Crippen LogP contribution in [0.5, 0.6) is 0 Å². The van der Waals surface area contributed by atoms with Gasteiger partial charge in [-0.05, 0) is 6.42 Å². The zero-order chi connectivity index (χ0) is 9.68. The summed E-state index contributed by atoms with van der Waals surface area (Å²) < 4.78 is 10.0. The number of ether oxygens (including phenoxy) is 2. The van der Waals surface area contributed by atoms with Crippen molar-refractivity contribution in [2.75, 3.05) is 13.4 Å². The van der Waals surface area contributed by atoms with Gasteiger partial charge in [-0.15, -0.1) is 0 Å². The van der Waals surface area contributed by atoms with Crippen LogP contribution in [0.2, 0.25) is 0 Å². The summed E-state index contributed by atoms with van der Waals surface area (Å²) in [7, 11) is 0. The van der Waals surface area contributed by atoms with Gasteiger partial charge in [0.1, 0.15) is 12.9 Å². The highest BCUT2D eigenvalue weighted by atomic mass is 16.7. The zero-order valence-electron chi connectivity index (χ0n) is 7.66. The lowest BCUT2D eigenvalue weighted by Crippen LogP contribution is -2.19. The summed E-state index contributed by atoms with van der Waals surface area (Å²) >= 11 is 0. The van der Waals surface area contributed by atoms with Crippen LogP contribution in [0.25, 0.3) is 0 Å². The molecule has 4 heteroatoms. The smallest absolute Gasteiger partial charge is 0.333 e. The van der Waals surface area contributed by atoms with E-state index in [1.807, 2.05) is 6.92 Å². The number of hydrogen-bond donors (Lipinski definition) is 1. The molecule has 0 bridgehead atoms. The Balaban J connectivity index is 2.60. The second-order valence-electron chi connectivity index (χ2n) is 2.90. The summed E-state index contributed by atoms with van der Waals surface area (Å²) in [5.41, 5.74) is 0.319.